The van der Waals surface area contributed by atoms with E-state index in [1.807, 2.05) is 29.3 Å². The van der Waals surface area contributed by atoms with Gasteiger partial charge < -0.3 is 4.57 Å². The van der Waals surface area contributed by atoms with Crippen molar-refractivity contribution in [3.63, 3.8) is 0 Å². The molecule has 0 saturated heterocycles. The van der Waals surface area contributed by atoms with Gasteiger partial charge in [0.2, 0.25) is 0 Å². The molecule has 0 fully saturated rings. The van der Waals surface area contributed by atoms with Crippen LogP contribution in [0.1, 0.15) is 28.0 Å². The first-order valence-corrected chi connectivity index (χ1v) is 6.16. The molecule has 0 aliphatic heterocycles. The average molecular weight is 234 g/mol. The predicted octanol–water partition coefficient (Wildman–Crippen LogP) is 2.47. The molecule has 0 atom stereocenters. The van der Waals surface area contributed by atoms with Gasteiger partial charge in [-0.15, -0.1) is 11.3 Å². The van der Waals surface area contributed by atoms with Crippen molar-refractivity contribution in [3.8, 4) is 0 Å². The topological polar surface area (TPSA) is 34.9 Å². The Morgan fingerprint density at radius 3 is 3.00 bits per heavy atom. The molecule has 0 spiro atoms. The maximum Gasteiger partial charge on any atom is 0.180 e. The summed E-state index contributed by atoms with van der Waals surface area (Å²) in [5.74, 6) is 0.988. The molecule has 84 valence electrons. The Bertz CT molecular complexity index is 499. The Hall–Kier alpha value is -1.42. The summed E-state index contributed by atoms with van der Waals surface area (Å²) in [4.78, 5) is 17.1. The minimum atomic E-state index is 0.168. The number of aryl methyl sites for hydroxylation is 2. The number of rotatable bonds is 4. The van der Waals surface area contributed by atoms with Crippen LogP contribution in [0.15, 0.2) is 23.8 Å². The van der Waals surface area contributed by atoms with Crippen LogP contribution in [0.4, 0.5) is 0 Å². The zero-order valence-electron chi connectivity index (χ0n) is 9.43. The standard InChI is InChI=1S/C12H14N2OS/c1-3-9-4-7-16-12(9)10(15)8-11-13-5-6-14(11)2/h4-7H,3,8H2,1-2H3. The first-order valence-electron chi connectivity index (χ1n) is 5.28. The number of imidazole rings is 1. The number of hydrogen-bond donors (Lipinski definition) is 0. The summed E-state index contributed by atoms with van der Waals surface area (Å²) in [7, 11) is 1.91. The van der Waals surface area contributed by atoms with Crippen molar-refractivity contribution >= 4 is 17.1 Å². The van der Waals surface area contributed by atoms with E-state index in [0.717, 1.165) is 22.7 Å². The van der Waals surface area contributed by atoms with Crippen molar-refractivity contribution in [2.45, 2.75) is 19.8 Å². The molecule has 4 heteroatoms. The normalized spacial score (nSPS) is 10.6. The second kappa shape index (κ2) is 4.61. The van der Waals surface area contributed by atoms with Gasteiger partial charge in [0.15, 0.2) is 5.78 Å². The van der Waals surface area contributed by atoms with Gasteiger partial charge in [-0.05, 0) is 23.4 Å². The maximum absolute atomic E-state index is 12.1. The maximum atomic E-state index is 12.1. The van der Waals surface area contributed by atoms with Crippen LogP contribution in [0, 0.1) is 0 Å². The summed E-state index contributed by atoms with van der Waals surface area (Å²) >= 11 is 1.52. The largest absolute Gasteiger partial charge is 0.338 e. The summed E-state index contributed by atoms with van der Waals surface area (Å²) in [6, 6.07) is 2.02. The number of thiophene rings is 1. The quantitative estimate of drug-likeness (QED) is 0.762. The van der Waals surface area contributed by atoms with E-state index in [2.05, 4.69) is 11.9 Å². The lowest BCUT2D eigenvalue weighted by atomic mass is 10.1. The number of aromatic nitrogens is 2. The molecule has 0 saturated carbocycles. The Labute approximate surface area is 98.8 Å². The van der Waals surface area contributed by atoms with Gasteiger partial charge in [-0.3, -0.25) is 4.79 Å². The third kappa shape index (κ3) is 2.07. The van der Waals surface area contributed by atoms with Gasteiger partial charge >= 0.3 is 0 Å². The van der Waals surface area contributed by atoms with Crippen LogP contribution in [0.5, 0.6) is 0 Å². The van der Waals surface area contributed by atoms with E-state index in [1.165, 1.54) is 11.3 Å². The van der Waals surface area contributed by atoms with Gasteiger partial charge in [-0.2, -0.15) is 0 Å². The molecule has 0 unspecified atom stereocenters. The molecule has 0 aromatic carbocycles. The minimum absolute atomic E-state index is 0.168. The van der Waals surface area contributed by atoms with Gasteiger partial charge in [-0.25, -0.2) is 4.98 Å². The lowest BCUT2D eigenvalue weighted by Gasteiger charge is -2.01. The van der Waals surface area contributed by atoms with Crippen LogP contribution in [0.25, 0.3) is 0 Å². The summed E-state index contributed by atoms with van der Waals surface area (Å²) in [5, 5.41) is 1.98. The number of Topliss-reactive ketones (excluding diaryl/α,β-unsaturated/α-hetero) is 1. The fourth-order valence-corrected chi connectivity index (χ4v) is 2.59. The fourth-order valence-electron chi connectivity index (χ4n) is 1.65. The molecule has 0 aliphatic carbocycles. The fraction of sp³-hybridized carbons (Fsp3) is 0.333. The van der Waals surface area contributed by atoms with Crippen molar-refractivity contribution in [2.24, 2.45) is 7.05 Å². The molecule has 2 rings (SSSR count). The summed E-state index contributed by atoms with van der Waals surface area (Å²) in [5.41, 5.74) is 1.14. The zero-order chi connectivity index (χ0) is 11.5. The van der Waals surface area contributed by atoms with Crippen LogP contribution in [-0.2, 0) is 19.9 Å². The molecule has 0 amide bonds. The van der Waals surface area contributed by atoms with E-state index in [0.29, 0.717) is 6.42 Å². The van der Waals surface area contributed by atoms with Crippen LogP contribution in [0.3, 0.4) is 0 Å². The summed E-state index contributed by atoms with van der Waals surface area (Å²) in [6.45, 7) is 2.07. The monoisotopic (exact) mass is 234 g/mol. The number of nitrogens with zero attached hydrogens (tertiary/aromatic N) is 2. The number of ketones is 1. The van der Waals surface area contributed by atoms with Gasteiger partial charge in [-0.1, -0.05) is 6.92 Å². The van der Waals surface area contributed by atoms with Crippen LogP contribution in [-0.4, -0.2) is 15.3 Å². The van der Waals surface area contributed by atoms with Gasteiger partial charge in [0, 0.05) is 19.4 Å². The highest BCUT2D eigenvalue weighted by atomic mass is 32.1. The second-order valence-corrected chi connectivity index (χ2v) is 4.60. The summed E-state index contributed by atoms with van der Waals surface area (Å²) in [6.07, 6.45) is 4.87. The van der Waals surface area contributed by atoms with Crippen molar-refractivity contribution < 1.29 is 4.79 Å². The third-order valence-electron chi connectivity index (χ3n) is 2.62. The van der Waals surface area contributed by atoms with E-state index in [1.54, 1.807) is 6.20 Å². The average Bonchev–Trinajstić information content (AvgIpc) is 2.87. The molecule has 0 bridgehead atoms. The summed E-state index contributed by atoms with van der Waals surface area (Å²) < 4.78 is 1.89. The Morgan fingerprint density at radius 1 is 1.56 bits per heavy atom. The SMILES string of the molecule is CCc1ccsc1C(=O)Cc1nccn1C. The van der Waals surface area contributed by atoms with Gasteiger partial charge in [0.1, 0.15) is 5.82 Å². The van der Waals surface area contributed by atoms with Gasteiger partial charge in [0.25, 0.3) is 0 Å². The third-order valence-corrected chi connectivity index (χ3v) is 3.62. The van der Waals surface area contributed by atoms with Crippen LogP contribution in [0.2, 0.25) is 0 Å². The molecular formula is C12H14N2OS. The van der Waals surface area contributed by atoms with Crippen LogP contribution < -0.4 is 0 Å². The molecule has 2 heterocycles. The Kier molecular flexibility index (Phi) is 3.19. The minimum Gasteiger partial charge on any atom is -0.338 e. The highest BCUT2D eigenvalue weighted by Crippen LogP contribution is 2.19. The Morgan fingerprint density at radius 2 is 2.38 bits per heavy atom. The van der Waals surface area contributed by atoms with E-state index in [-0.39, 0.29) is 5.78 Å². The molecular weight excluding hydrogens is 220 g/mol. The first kappa shape index (κ1) is 11.1. The predicted molar refractivity (Wildman–Crippen MR) is 64.9 cm³/mol. The zero-order valence-corrected chi connectivity index (χ0v) is 10.3. The molecule has 2 aromatic rings. The number of carbonyl (C=O) groups excluding carboxylic acids is 1. The highest BCUT2D eigenvalue weighted by Gasteiger charge is 2.14. The second-order valence-electron chi connectivity index (χ2n) is 3.68. The number of carbonyl (C=O) groups is 1. The van der Waals surface area contributed by atoms with E-state index in [9.17, 15) is 4.79 Å². The molecule has 0 N–H and O–H groups in total. The highest BCUT2D eigenvalue weighted by molar-refractivity contribution is 7.12. The van der Waals surface area contributed by atoms with Crippen molar-refractivity contribution in [1.29, 1.82) is 0 Å². The molecule has 3 nitrogen and oxygen atoms in total. The van der Waals surface area contributed by atoms with E-state index >= 15 is 0 Å². The van der Waals surface area contributed by atoms with E-state index < -0.39 is 0 Å². The molecule has 0 radical (unpaired) electrons. The lowest BCUT2D eigenvalue weighted by Crippen LogP contribution is -2.08. The van der Waals surface area contributed by atoms with Gasteiger partial charge in [0.05, 0.1) is 11.3 Å². The van der Waals surface area contributed by atoms with Crippen molar-refractivity contribution in [2.75, 3.05) is 0 Å². The smallest absolute Gasteiger partial charge is 0.180 e. The lowest BCUT2D eigenvalue weighted by molar-refractivity contribution is 0.0993. The van der Waals surface area contributed by atoms with Crippen molar-refractivity contribution in [1.82, 2.24) is 9.55 Å². The van der Waals surface area contributed by atoms with Crippen LogP contribution >= 0.6 is 11.3 Å². The van der Waals surface area contributed by atoms with E-state index in [4.69, 9.17) is 0 Å². The molecule has 2 aromatic heterocycles. The first-order chi connectivity index (χ1) is 7.72. The number of hydrogen-bond acceptors (Lipinski definition) is 3. The molecule has 0 aliphatic rings. The molecule has 16 heavy (non-hydrogen) atoms. The Balaban J connectivity index is 2.18. The van der Waals surface area contributed by atoms with Crippen molar-refractivity contribution in [3.05, 3.63) is 40.1 Å².